The van der Waals surface area contributed by atoms with Crippen LogP contribution in [0.5, 0.6) is 5.75 Å². The van der Waals surface area contributed by atoms with Crippen molar-refractivity contribution < 1.29 is 23.4 Å². The molecule has 0 aliphatic carbocycles. The normalized spacial score (nSPS) is 18.9. The molecule has 0 aromatic heterocycles. The molecule has 1 atom stereocenters. The highest BCUT2D eigenvalue weighted by atomic mass is 19.3. The third kappa shape index (κ3) is 3.20. The molecular formula is C13H15F2NO3. The van der Waals surface area contributed by atoms with Gasteiger partial charge in [0.2, 0.25) is 0 Å². The summed E-state index contributed by atoms with van der Waals surface area (Å²) >= 11 is 0. The van der Waals surface area contributed by atoms with Crippen LogP contribution in [-0.2, 0) is 0 Å². The number of hydrogen-bond donors (Lipinski definition) is 1. The van der Waals surface area contributed by atoms with Crippen LogP contribution in [0, 0.1) is 0 Å². The van der Waals surface area contributed by atoms with E-state index in [0.717, 1.165) is 12.8 Å². The van der Waals surface area contributed by atoms with Gasteiger partial charge in [-0.2, -0.15) is 8.78 Å². The third-order valence-corrected chi connectivity index (χ3v) is 3.18. The molecule has 4 nitrogen and oxygen atoms in total. The highest BCUT2D eigenvalue weighted by molar-refractivity contribution is 5.94. The number of likely N-dealkylation sites (tertiary alicyclic amines) is 1. The van der Waals surface area contributed by atoms with Crippen LogP contribution in [0.1, 0.15) is 23.2 Å². The molecule has 2 rings (SSSR count). The molecule has 0 spiro atoms. The van der Waals surface area contributed by atoms with E-state index >= 15 is 0 Å². The molecule has 1 aromatic carbocycles. The topological polar surface area (TPSA) is 49.8 Å². The van der Waals surface area contributed by atoms with Crippen molar-refractivity contribution in [1.29, 1.82) is 0 Å². The van der Waals surface area contributed by atoms with Gasteiger partial charge in [0.05, 0.1) is 12.6 Å². The summed E-state index contributed by atoms with van der Waals surface area (Å²) < 4.78 is 28.2. The highest BCUT2D eigenvalue weighted by Gasteiger charge is 2.28. The van der Waals surface area contributed by atoms with E-state index in [-0.39, 0.29) is 24.3 Å². The average molecular weight is 271 g/mol. The summed E-state index contributed by atoms with van der Waals surface area (Å²) in [5, 5.41) is 9.18. The molecule has 1 N–H and O–H groups in total. The molecule has 1 aliphatic rings. The Labute approximate surface area is 109 Å². The molecule has 1 saturated heterocycles. The first-order valence-corrected chi connectivity index (χ1v) is 6.08. The number of aliphatic hydroxyl groups is 1. The summed E-state index contributed by atoms with van der Waals surface area (Å²) in [5.74, 6) is -0.174. The largest absolute Gasteiger partial charge is 0.435 e. The van der Waals surface area contributed by atoms with Gasteiger partial charge in [0.15, 0.2) is 0 Å². The SMILES string of the molecule is O=C(c1ccc(OC(F)F)cc1)N1CCC[C@@H]1CO. The van der Waals surface area contributed by atoms with Crippen molar-refractivity contribution in [3.63, 3.8) is 0 Å². The Morgan fingerprint density at radius 3 is 2.68 bits per heavy atom. The Morgan fingerprint density at radius 2 is 2.11 bits per heavy atom. The molecule has 104 valence electrons. The van der Waals surface area contributed by atoms with E-state index < -0.39 is 6.61 Å². The predicted octanol–water partition coefficient (Wildman–Crippen LogP) is 1.88. The maximum Gasteiger partial charge on any atom is 0.387 e. The fraction of sp³-hybridized carbons (Fsp3) is 0.462. The number of alkyl halides is 2. The lowest BCUT2D eigenvalue weighted by molar-refractivity contribution is -0.0498. The van der Waals surface area contributed by atoms with Crippen molar-refractivity contribution in [3.05, 3.63) is 29.8 Å². The summed E-state index contributed by atoms with van der Waals surface area (Å²) in [6.07, 6.45) is 1.65. The van der Waals surface area contributed by atoms with Gasteiger partial charge in [-0.3, -0.25) is 4.79 Å². The van der Waals surface area contributed by atoms with Crippen LogP contribution >= 0.6 is 0 Å². The van der Waals surface area contributed by atoms with Crippen molar-refractivity contribution in [2.75, 3.05) is 13.2 Å². The first kappa shape index (κ1) is 13.7. The van der Waals surface area contributed by atoms with Crippen LogP contribution in [-0.4, -0.2) is 41.7 Å². The van der Waals surface area contributed by atoms with Crippen molar-refractivity contribution in [2.45, 2.75) is 25.5 Å². The van der Waals surface area contributed by atoms with E-state index in [0.29, 0.717) is 12.1 Å². The van der Waals surface area contributed by atoms with Crippen LogP contribution in [0.2, 0.25) is 0 Å². The second-order valence-corrected chi connectivity index (χ2v) is 4.38. The zero-order chi connectivity index (χ0) is 13.8. The van der Waals surface area contributed by atoms with E-state index in [1.165, 1.54) is 24.3 Å². The Hall–Kier alpha value is -1.69. The van der Waals surface area contributed by atoms with Crippen molar-refractivity contribution in [3.8, 4) is 5.75 Å². The number of carbonyl (C=O) groups excluding carboxylic acids is 1. The molecule has 0 radical (unpaired) electrons. The summed E-state index contributed by atoms with van der Waals surface area (Å²) in [6.45, 7) is -2.32. The van der Waals surface area contributed by atoms with Gasteiger partial charge in [0.25, 0.3) is 5.91 Å². The number of halogens is 2. The Balaban J connectivity index is 2.07. The molecule has 0 bridgehead atoms. The number of aliphatic hydroxyl groups excluding tert-OH is 1. The fourth-order valence-electron chi connectivity index (χ4n) is 2.24. The summed E-state index contributed by atoms with van der Waals surface area (Å²) in [6, 6.07) is 5.43. The van der Waals surface area contributed by atoms with Gasteiger partial charge in [-0.05, 0) is 37.1 Å². The lowest BCUT2D eigenvalue weighted by Crippen LogP contribution is -2.37. The summed E-state index contributed by atoms with van der Waals surface area (Å²) in [4.78, 5) is 13.8. The average Bonchev–Trinajstić information content (AvgIpc) is 2.86. The van der Waals surface area contributed by atoms with E-state index in [9.17, 15) is 18.7 Å². The summed E-state index contributed by atoms with van der Waals surface area (Å²) in [5.41, 5.74) is 0.405. The molecule has 1 aliphatic heterocycles. The van der Waals surface area contributed by atoms with E-state index in [2.05, 4.69) is 4.74 Å². The minimum absolute atomic E-state index is 0.0201. The van der Waals surface area contributed by atoms with Gasteiger partial charge in [-0.1, -0.05) is 0 Å². The molecule has 19 heavy (non-hydrogen) atoms. The van der Waals surface area contributed by atoms with Crippen LogP contribution in [0.3, 0.4) is 0 Å². The molecule has 0 unspecified atom stereocenters. The molecule has 1 aromatic rings. The van der Waals surface area contributed by atoms with Gasteiger partial charge in [0, 0.05) is 12.1 Å². The predicted molar refractivity (Wildman–Crippen MR) is 64.2 cm³/mol. The van der Waals surface area contributed by atoms with E-state index in [1.54, 1.807) is 4.90 Å². The zero-order valence-electron chi connectivity index (χ0n) is 10.3. The van der Waals surface area contributed by atoms with Crippen LogP contribution < -0.4 is 4.74 Å². The minimum Gasteiger partial charge on any atom is -0.435 e. The van der Waals surface area contributed by atoms with E-state index in [4.69, 9.17) is 0 Å². The zero-order valence-corrected chi connectivity index (χ0v) is 10.3. The van der Waals surface area contributed by atoms with Gasteiger partial charge in [-0.25, -0.2) is 0 Å². The molecule has 1 heterocycles. The van der Waals surface area contributed by atoms with Crippen LogP contribution in [0.15, 0.2) is 24.3 Å². The Kier molecular flexibility index (Phi) is 4.31. The third-order valence-electron chi connectivity index (χ3n) is 3.18. The number of ether oxygens (including phenoxy) is 1. The second kappa shape index (κ2) is 5.97. The van der Waals surface area contributed by atoms with E-state index in [1.807, 2.05) is 0 Å². The quantitative estimate of drug-likeness (QED) is 0.909. The maximum absolute atomic E-state index is 12.2. The van der Waals surface area contributed by atoms with Gasteiger partial charge in [0.1, 0.15) is 5.75 Å². The highest BCUT2D eigenvalue weighted by Crippen LogP contribution is 2.21. The summed E-state index contributed by atoms with van der Waals surface area (Å²) in [7, 11) is 0. The number of nitrogens with zero attached hydrogens (tertiary/aromatic N) is 1. The van der Waals surface area contributed by atoms with Crippen LogP contribution in [0.25, 0.3) is 0 Å². The Bertz CT molecular complexity index is 436. The minimum atomic E-state index is -2.88. The van der Waals surface area contributed by atoms with Gasteiger partial charge < -0.3 is 14.7 Å². The smallest absolute Gasteiger partial charge is 0.387 e. The fourth-order valence-corrected chi connectivity index (χ4v) is 2.24. The van der Waals surface area contributed by atoms with Crippen LogP contribution in [0.4, 0.5) is 8.78 Å². The molecule has 6 heteroatoms. The molecule has 1 amide bonds. The first-order chi connectivity index (χ1) is 9.11. The molecular weight excluding hydrogens is 256 g/mol. The lowest BCUT2D eigenvalue weighted by atomic mass is 10.1. The number of rotatable bonds is 4. The van der Waals surface area contributed by atoms with Crippen molar-refractivity contribution >= 4 is 5.91 Å². The van der Waals surface area contributed by atoms with Crippen molar-refractivity contribution in [1.82, 2.24) is 4.90 Å². The number of hydrogen-bond acceptors (Lipinski definition) is 3. The van der Waals surface area contributed by atoms with Gasteiger partial charge in [-0.15, -0.1) is 0 Å². The van der Waals surface area contributed by atoms with Crippen molar-refractivity contribution in [2.24, 2.45) is 0 Å². The molecule has 1 fully saturated rings. The maximum atomic E-state index is 12.2. The van der Waals surface area contributed by atoms with Gasteiger partial charge >= 0.3 is 6.61 Å². The first-order valence-electron chi connectivity index (χ1n) is 6.08. The molecule has 0 saturated carbocycles. The standard InChI is InChI=1S/C13H15F2NO3/c14-13(15)19-11-5-3-9(4-6-11)12(18)16-7-1-2-10(16)8-17/h3-6,10,13,17H,1-2,7-8H2/t10-/m1/s1. The lowest BCUT2D eigenvalue weighted by Gasteiger charge is -2.23. The number of amides is 1. The second-order valence-electron chi connectivity index (χ2n) is 4.38. The Morgan fingerprint density at radius 1 is 1.42 bits per heavy atom. The number of carbonyl (C=O) groups is 1. The monoisotopic (exact) mass is 271 g/mol. The number of benzene rings is 1.